The van der Waals surface area contributed by atoms with Crippen LogP contribution in [0.1, 0.15) is 17.5 Å². The van der Waals surface area contributed by atoms with Crippen LogP contribution >= 0.6 is 15.9 Å². The largest absolute Gasteiger partial charge is 0.341 e. The van der Waals surface area contributed by atoms with Crippen molar-refractivity contribution >= 4 is 37.7 Å². The maximum atomic E-state index is 12.3. The smallest absolute Gasteiger partial charge is 0.263 e. The van der Waals surface area contributed by atoms with E-state index in [0.29, 0.717) is 17.9 Å². The Morgan fingerprint density at radius 1 is 1.15 bits per heavy atom. The van der Waals surface area contributed by atoms with Gasteiger partial charge in [-0.3, -0.25) is 14.5 Å². The fourth-order valence-electron chi connectivity index (χ4n) is 2.68. The number of fused-ring (bicyclic) bond motifs is 1. The number of carbonyl (C=O) groups excluding carboxylic acids is 1. The predicted molar refractivity (Wildman–Crippen MR) is 103 cm³/mol. The molecule has 2 aromatic carbocycles. The number of amidine groups is 1. The van der Waals surface area contributed by atoms with E-state index in [4.69, 9.17) is 0 Å². The van der Waals surface area contributed by atoms with Crippen molar-refractivity contribution in [3.8, 4) is 0 Å². The molecule has 8 heteroatoms. The number of benzene rings is 2. The molecule has 0 unspecified atom stereocenters. The van der Waals surface area contributed by atoms with E-state index in [1.165, 1.54) is 6.07 Å². The highest BCUT2D eigenvalue weighted by Gasteiger charge is 2.29. The number of aliphatic imine (C=N–C) groups is 1. The summed E-state index contributed by atoms with van der Waals surface area (Å²) >= 11 is 3.47. The third-order valence-corrected chi connectivity index (χ3v) is 6.22. The highest BCUT2D eigenvalue weighted by Crippen LogP contribution is 2.22. The molecule has 1 amide bonds. The molecule has 136 valence electrons. The summed E-state index contributed by atoms with van der Waals surface area (Å²) in [6.45, 7) is 0.706. The van der Waals surface area contributed by atoms with Gasteiger partial charge < -0.3 is 4.90 Å². The van der Waals surface area contributed by atoms with Gasteiger partial charge in [-0.15, -0.1) is 0 Å². The number of hydrogen-bond donors (Lipinski definition) is 1. The van der Waals surface area contributed by atoms with Gasteiger partial charge in [0.25, 0.3) is 10.0 Å². The van der Waals surface area contributed by atoms with Crippen LogP contribution in [0.5, 0.6) is 0 Å². The van der Waals surface area contributed by atoms with Gasteiger partial charge in [0.2, 0.25) is 5.91 Å². The van der Waals surface area contributed by atoms with Crippen LogP contribution in [0, 0.1) is 0 Å². The molecule has 26 heavy (non-hydrogen) atoms. The Labute approximate surface area is 161 Å². The van der Waals surface area contributed by atoms with Gasteiger partial charge in [0.05, 0.1) is 11.4 Å². The van der Waals surface area contributed by atoms with Crippen LogP contribution in [0.25, 0.3) is 0 Å². The van der Waals surface area contributed by atoms with Gasteiger partial charge in [0, 0.05) is 30.0 Å². The van der Waals surface area contributed by atoms with E-state index in [2.05, 4.69) is 25.6 Å². The van der Waals surface area contributed by atoms with Gasteiger partial charge in [-0.25, -0.2) is 8.42 Å². The molecule has 0 saturated carbocycles. The molecule has 6 nitrogen and oxygen atoms in total. The minimum Gasteiger partial charge on any atom is -0.341 e. The number of amides is 1. The van der Waals surface area contributed by atoms with E-state index >= 15 is 0 Å². The van der Waals surface area contributed by atoms with Crippen molar-refractivity contribution in [2.75, 3.05) is 13.6 Å². The van der Waals surface area contributed by atoms with Gasteiger partial charge in [-0.1, -0.05) is 46.3 Å². The third-order valence-electron chi connectivity index (χ3n) is 4.05. The van der Waals surface area contributed by atoms with Gasteiger partial charge in [0.1, 0.15) is 5.84 Å². The number of rotatable bonds is 5. The zero-order valence-electron chi connectivity index (χ0n) is 14.1. The van der Waals surface area contributed by atoms with Crippen LogP contribution in [0.3, 0.4) is 0 Å². The number of nitrogens with one attached hydrogen (secondary N) is 1. The Balaban J connectivity index is 1.62. The van der Waals surface area contributed by atoms with Crippen LogP contribution in [-0.4, -0.2) is 38.7 Å². The SMILES string of the molecule is CN(Cc1ccccc1Br)C(=O)CCN=C1NS(=O)(=O)c2ccccc21. The van der Waals surface area contributed by atoms with Crippen molar-refractivity contribution in [2.24, 2.45) is 4.99 Å². The first-order valence-electron chi connectivity index (χ1n) is 8.02. The molecule has 0 bridgehead atoms. The van der Waals surface area contributed by atoms with Gasteiger partial charge in [0.15, 0.2) is 0 Å². The van der Waals surface area contributed by atoms with Gasteiger partial charge >= 0.3 is 0 Å². The molecule has 0 spiro atoms. The molecule has 2 aromatic rings. The van der Waals surface area contributed by atoms with E-state index in [1.54, 1.807) is 30.1 Å². The lowest BCUT2D eigenvalue weighted by Crippen LogP contribution is -2.27. The molecule has 1 heterocycles. The molecule has 1 aliphatic rings. The molecular formula is C18H18BrN3O3S. The second kappa shape index (κ2) is 7.59. The monoisotopic (exact) mass is 435 g/mol. The normalized spacial score (nSPS) is 16.2. The first kappa shape index (κ1) is 18.6. The summed E-state index contributed by atoms with van der Waals surface area (Å²) in [5.41, 5.74) is 1.56. The second-order valence-corrected chi connectivity index (χ2v) is 8.43. The van der Waals surface area contributed by atoms with E-state index in [1.807, 2.05) is 24.3 Å². The molecule has 0 radical (unpaired) electrons. The first-order valence-corrected chi connectivity index (χ1v) is 10.3. The van der Waals surface area contributed by atoms with Crippen molar-refractivity contribution < 1.29 is 13.2 Å². The molecular weight excluding hydrogens is 418 g/mol. The first-order chi connectivity index (χ1) is 12.4. The van der Waals surface area contributed by atoms with Crippen LogP contribution in [-0.2, 0) is 21.4 Å². The van der Waals surface area contributed by atoms with E-state index in [-0.39, 0.29) is 23.8 Å². The summed E-state index contributed by atoms with van der Waals surface area (Å²) in [4.78, 5) is 18.4. The Morgan fingerprint density at radius 3 is 2.62 bits per heavy atom. The molecule has 3 rings (SSSR count). The lowest BCUT2D eigenvalue weighted by atomic mass is 10.2. The maximum Gasteiger partial charge on any atom is 0.263 e. The zero-order valence-corrected chi connectivity index (χ0v) is 16.5. The summed E-state index contributed by atoms with van der Waals surface area (Å²) in [6.07, 6.45) is 0.203. The average Bonchev–Trinajstić information content (AvgIpc) is 2.88. The highest BCUT2D eigenvalue weighted by atomic mass is 79.9. The number of carbonyl (C=O) groups is 1. The van der Waals surface area contributed by atoms with Gasteiger partial charge in [-0.05, 0) is 23.8 Å². The van der Waals surface area contributed by atoms with E-state index < -0.39 is 10.0 Å². The topological polar surface area (TPSA) is 78.8 Å². The lowest BCUT2D eigenvalue weighted by molar-refractivity contribution is -0.130. The maximum absolute atomic E-state index is 12.3. The molecule has 0 aliphatic carbocycles. The van der Waals surface area contributed by atoms with Crippen LogP contribution in [0.4, 0.5) is 0 Å². The number of halogens is 1. The molecule has 1 aliphatic heterocycles. The Morgan fingerprint density at radius 2 is 1.85 bits per heavy atom. The Kier molecular flexibility index (Phi) is 5.43. The minimum atomic E-state index is -3.55. The van der Waals surface area contributed by atoms with Crippen molar-refractivity contribution in [1.82, 2.24) is 9.62 Å². The van der Waals surface area contributed by atoms with E-state index in [9.17, 15) is 13.2 Å². The summed E-state index contributed by atoms with van der Waals surface area (Å²) in [7, 11) is -1.81. The Bertz CT molecular complexity index is 973. The van der Waals surface area contributed by atoms with Crippen molar-refractivity contribution in [3.63, 3.8) is 0 Å². The standard InChI is InChI=1S/C18H18BrN3O3S/c1-22(12-13-6-2-4-8-15(13)19)17(23)10-11-20-18-14-7-3-5-9-16(14)26(24,25)21-18/h2-9H,10-12H2,1H3,(H,20,21). The molecule has 0 aromatic heterocycles. The van der Waals surface area contributed by atoms with Crippen LogP contribution in [0.15, 0.2) is 62.9 Å². The summed E-state index contributed by atoms with van der Waals surface area (Å²) < 4.78 is 27.5. The molecule has 0 atom stereocenters. The highest BCUT2D eigenvalue weighted by molar-refractivity contribution is 9.10. The predicted octanol–water partition coefficient (Wildman–Crippen LogP) is 2.54. The molecule has 1 N–H and O–H groups in total. The molecule has 0 saturated heterocycles. The molecule has 0 fully saturated rings. The quantitative estimate of drug-likeness (QED) is 0.783. The summed E-state index contributed by atoms with van der Waals surface area (Å²) in [6, 6.07) is 14.4. The second-order valence-electron chi connectivity index (χ2n) is 5.92. The fourth-order valence-corrected chi connectivity index (χ4v) is 4.34. The van der Waals surface area contributed by atoms with Crippen LogP contribution < -0.4 is 4.72 Å². The van der Waals surface area contributed by atoms with Crippen molar-refractivity contribution in [1.29, 1.82) is 0 Å². The van der Waals surface area contributed by atoms with Gasteiger partial charge in [-0.2, -0.15) is 0 Å². The van der Waals surface area contributed by atoms with Crippen molar-refractivity contribution in [2.45, 2.75) is 17.9 Å². The number of hydrogen-bond acceptors (Lipinski definition) is 4. The fraction of sp³-hybridized carbons (Fsp3) is 0.222. The van der Waals surface area contributed by atoms with Crippen molar-refractivity contribution in [3.05, 3.63) is 64.1 Å². The minimum absolute atomic E-state index is 0.0563. The number of sulfonamides is 1. The summed E-state index contributed by atoms with van der Waals surface area (Å²) in [5, 5.41) is 0. The Hall–Kier alpha value is -2.19. The van der Waals surface area contributed by atoms with E-state index in [0.717, 1.165) is 10.0 Å². The zero-order chi connectivity index (χ0) is 18.7. The summed E-state index contributed by atoms with van der Waals surface area (Å²) in [5.74, 6) is 0.237. The number of nitrogens with zero attached hydrogens (tertiary/aromatic N) is 2. The third kappa shape index (κ3) is 3.96. The average molecular weight is 436 g/mol. The lowest BCUT2D eigenvalue weighted by Gasteiger charge is -2.17. The van der Waals surface area contributed by atoms with Crippen LogP contribution in [0.2, 0.25) is 0 Å².